The minimum atomic E-state index is -0.408. The van der Waals surface area contributed by atoms with Crippen LogP contribution < -0.4 is 9.64 Å². The molecule has 0 aromatic heterocycles. The molecule has 0 fully saturated rings. The summed E-state index contributed by atoms with van der Waals surface area (Å²) >= 11 is 0. The first kappa shape index (κ1) is 31.4. The number of carbonyl (C=O) groups excluding carboxylic acids is 2. The number of nitrogens with zero attached hydrogens (tertiary/aromatic N) is 3. The van der Waals surface area contributed by atoms with Crippen molar-refractivity contribution in [2.45, 2.75) is 64.7 Å². The number of aliphatic hydroxyl groups excluding tert-OH is 1. The summed E-state index contributed by atoms with van der Waals surface area (Å²) in [6.07, 6.45) is 2.63. The van der Waals surface area contributed by atoms with Gasteiger partial charge in [-0.3, -0.25) is 9.59 Å². The third-order valence-electron chi connectivity index (χ3n) is 7.63. The van der Waals surface area contributed by atoms with Crippen molar-refractivity contribution < 1.29 is 24.2 Å². The Bertz CT molecular complexity index is 1090. The van der Waals surface area contributed by atoms with E-state index in [2.05, 4.69) is 0 Å². The number of aliphatic hydroxyl groups is 1. The zero-order valence-electron chi connectivity index (χ0n) is 25.0. The van der Waals surface area contributed by atoms with E-state index >= 15 is 0 Å². The summed E-state index contributed by atoms with van der Waals surface area (Å²) in [7, 11) is 5.68. The van der Waals surface area contributed by atoms with E-state index in [-0.39, 0.29) is 36.5 Å². The molecule has 0 aliphatic carbocycles. The van der Waals surface area contributed by atoms with Crippen molar-refractivity contribution in [3.05, 3.63) is 59.7 Å². The minimum Gasteiger partial charge on any atom is -0.490 e. The molecule has 2 aromatic rings. The predicted octanol–water partition coefficient (Wildman–Crippen LogP) is 4.25. The number of hydrogen-bond donors (Lipinski definition) is 1. The number of rotatable bonds is 7. The first-order valence-corrected chi connectivity index (χ1v) is 14.4. The van der Waals surface area contributed by atoms with Gasteiger partial charge in [-0.2, -0.15) is 0 Å². The first-order valence-electron chi connectivity index (χ1n) is 14.4. The Morgan fingerprint density at radius 3 is 2.50 bits per heavy atom. The molecule has 220 valence electrons. The van der Waals surface area contributed by atoms with Crippen molar-refractivity contribution in [3.63, 3.8) is 0 Å². The minimum absolute atomic E-state index is 0.0224. The second kappa shape index (κ2) is 15.1. The van der Waals surface area contributed by atoms with Crippen molar-refractivity contribution >= 4 is 17.5 Å². The maximum absolute atomic E-state index is 14.1. The van der Waals surface area contributed by atoms with Gasteiger partial charge in [0.25, 0.3) is 5.91 Å². The average Bonchev–Trinajstić information content (AvgIpc) is 2.94. The number of hydrogen-bond acceptors (Lipinski definition) is 6. The molecule has 3 rings (SSSR count). The topological polar surface area (TPSA) is 82.6 Å². The van der Waals surface area contributed by atoms with Gasteiger partial charge in [0.05, 0.1) is 36.8 Å². The number of amides is 2. The molecule has 1 N–H and O–H groups in total. The van der Waals surface area contributed by atoms with E-state index in [4.69, 9.17) is 9.47 Å². The lowest BCUT2D eigenvalue weighted by Crippen LogP contribution is -2.48. The van der Waals surface area contributed by atoms with Crippen LogP contribution in [0.5, 0.6) is 5.75 Å². The van der Waals surface area contributed by atoms with E-state index < -0.39 is 6.04 Å². The highest BCUT2D eigenvalue weighted by Crippen LogP contribution is 2.29. The molecule has 0 radical (unpaired) electrons. The van der Waals surface area contributed by atoms with Crippen LogP contribution in [0.1, 0.15) is 56.0 Å². The zero-order valence-corrected chi connectivity index (χ0v) is 25.0. The highest BCUT2D eigenvalue weighted by molar-refractivity contribution is 5.98. The monoisotopic (exact) mass is 553 g/mol. The zero-order chi connectivity index (χ0) is 29.2. The molecule has 2 amide bonds. The quantitative estimate of drug-likeness (QED) is 0.552. The molecular weight excluding hydrogens is 506 g/mol. The highest BCUT2D eigenvalue weighted by atomic mass is 16.5. The molecule has 4 atom stereocenters. The SMILES string of the molecule is C[C@H]1CCCCO[C@H](CN(C)C(=O)Cc2ccccc2)[C@@H](C)CN([C@@H](C)CO)C(=O)c2cc(N(C)C)ccc2O1. The van der Waals surface area contributed by atoms with Crippen LogP contribution in [0.4, 0.5) is 5.69 Å². The van der Waals surface area contributed by atoms with Crippen LogP contribution in [0, 0.1) is 5.92 Å². The van der Waals surface area contributed by atoms with Crippen molar-refractivity contribution in [2.75, 3.05) is 52.3 Å². The van der Waals surface area contributed by atoms with Gasteiger partial charge in [0, 0.05) is 52.4 Å². The van der Waals surface area contributed by atoms with Gasteiger partial charge in [-0.15, -0.1) is 0 Å². The van der Waals surface area contributed by atoms with E-state index in [1.54, 1.807) is 9.80 Å². The second-order valence-corrected chi connectivity index (χ2v) is 11.3. The summed E-state index contributed by atoms with van der Waals surface area (Å²) in [6.45, 7) is 7.10. The maximum Gasteiger partial charge on any atom is 0.258 e. The average molecular weight is 554 g/mol. The molecular formula is C32H47N3O5. The molecule has 1 aliphatic heterocycles. The molecule has 0 saturated heterocycles. The van der Waals surface area contributed by atoms with E-state index in [9.17, 15) is 14.7 Å². The van der Waals surface area contributed by atoms with Crippen LogP contribution in [0.15, 0.2) is 48.5 Å². The molecule has 0 bridgehead atoms. The smallest absolute Gasteiger partial charge is 0.258 e. The summed E-state index contributed by atoms with van der Waals surface area (Å²) in [6, 6.07) is 15.0. The maximum atomic E-state index is 14.1. The van der Waals surface area contributed by atoms with Crippen molar-refractivity contribution in [3.8, 4) is 5.75 Å². The number of likely N-dealkylation sites (N-methyl/N-ethyl adjacent to an activating group) is 1. The normalized spacial score (nSPS) is 21.5. The van der Waals surface area contributed by atoms with E-state index in [1.807, 2.05) is 95.3 Å². The Labute approximate surface area is 239 Å². The Morgan fingerprint density at radius 1 is 1.10 bits per heavy atom. The number of anilines is 1. The number of benzene rings is 2. The van der Waals surface area contributed by atoms with Gasteiger partial charge < -0.3 is 29.3 Å². The number of fused-ring (bicyclic) bond motifs is 1. The molecule has 40 heavy (non-hydrogen) atoms. The standard InChI is InChI=1S/C32H47N3O5/c1-23-20-35(24(2)22-36)32(38)28-19-27(33(4)5)15-16-29(28)40-25(3)12-10-11-17-39-30(23)21-34(6)31(37)18-26-13-8-7-9-14-26/h7-9,13-16,19,23-25,30,36H,10-12,17-18,20-22H2,1-6H3/t23-,24-,25-,30+/m0/s1. The lowest BCUT2D eigenvalue weighted by Gasteiger charge is -2.36. The third kappa shape index (κ3) is 8.70. The van der Waals surface area contributed by atoms with Crippen molar-refractivity contribution in [1.29, 1.82) is 0 Å². The molecule has 8 nitrogen and oxygen atoms in total. The Morgan fingerprint density at radius 2 is 1.82 bits per heavy atom. The molecule has 2 aromatic carbocycles. The summed E-state index contributed by atoms with van der Waals surface area (Å²) in [5.74, 6) is 0.299. The fraction of sp³-hybridized carbons (Fsp3) is 0.562. The lowest BCUT2D eigenvalue weighted by atomic mass is 10.0. The summed E-state index contributed by atoms with van der Waals surface area (Å²) < 4.78 is 12.7. The van der Waals surface area contributed by atoms with Crippen molar-refractivity contribution in [2.24, 2.45) is 5.92 Å². The van der Waals surface area contributed by atoms with Gasteiger partial charge in [0.15, 0.2) is 0 Å². The second-order valence-electron chi connectivity index (χ2n) is 11.3. The van der Waals surface area contributed by atoms with Gasteiger partial charge >= 0.3 is 0 Å². The molecule has 0 spiro atoms. The van der Waals surface area contributed by atoms with Gasteiger partial charge in [-0.05, 0) is 56.9 Å². The summed E-state index contributed by atoms with van der Waals surface area (Å²) in [5, 5.41) is 10.1. The van der Waals surface area contributed by atoms with Crippen molar-refractivity contribution in [1.82, 2.24) is 9.80 Å². The number of carbonyl (C=O) groups is 2. The van der Waals surface area contributed by atoms with Crippen LogP contribution >= 0.6 is 0 Å². The van der Waals surface area contributed by atoms with E-state index in [1.165, 1.54) is 0 Å². The lowest BCUT2D eigenvalue weighted by molar-refractivity contribution is -0.131. The molecule has 8 heteroatoms. The van der Waals surface area contributed by atoms with Crippen LogP contribution in [0.3, 0.4) is 0 Å². The molecule has 0 unspecified atom stereocenters. The first-order chi connectivity index (χ1) is 19.1. The van der Waals surface area contributed by atoms with Gasteiger partial charge in [0.2, 0.25) is 5.91 Å². The van der Waals surface area contributed by atoms with E-state index in [0.29, 0.717) is 37.4 Å². The van der Waals surface area contributed by atoms with Gasteiger partial charge in [0.1, 0.15) is 5.75 Å². The van der Waals surface area contributed by atoms with Gasteiger partial charge in [-0.1, -0.05) is 37.3 Å². The number of ether oxygens (including phenoxy) is 2. The Hall–Kier alpha value is -3.10. The fourth-order valence-electron chi connectivity index (χ4n) is 4.93. The molecule has 1 aliphatic rings. The predicted molar refractivity (Wildman–Crippen MR) is 159 cm³/mol. The molecule has 1 heterocycles. The molecule has 0 saturated carbocycles. The van der Waals surface area contributed by atoms with Crippen LogP contribution in [-0.4, -0.2) is 92.4 Å². The Balaban J connectivity index is 1.88. The summed E-state index contributed by atoms with van der Waals surface area (Å²) in [5.41, 5.74) is 2.35. The third-order valence-corrected chi connectivity index (χ3v) is 7.63. The summed E-state index contributed by atoms with van der Waals surface area (Å²) in [4.78, 5) is 32.5. The Kier molecular flexibility index (Phi) is 11.8. The van der Waals surface area contributed by atoms with E-state index in [0.717, 1.165) is 30.5 Å². The fourth-order valence-corrected chi connectivity index (χ4v) is 4.93. The van der Waals surface area contributed by atoms with Gasteiger partial charge in [-0.25, -0.2) is 0 Å². The van der Waals surface area contributed by atoms with Crippen LogP contribution in [0.2, 0.25) is 0 Å². The van der Waals surface area contributed by atoms with Crippen LogP contribution in [-0.2, 0) is 16.0 Å². The van der Waals surface area contributed by atoms with Crippen LogP contribution in [0.25, 0.3) is 0 Å². The largest absolute Gasteiger partial charge is 0.490 e. The highest BCUT2D eigenvalue weighted by Gasteiger charge is 2.31.